The number of nitrogens with zero attached hydrogens (tertiary/aromatic N) is 1. The molecule has 0 saturated carbocycles. The monoisotopic (exact) mass is 387 g/mol. The number of rotatable bonds is 8. The molecular weight excluding hydrogens is 362 g/mol. The number of carboxylic acid groups (broad SMARTS) is 1. The zero-order chi connectivity index (χ0) is 19.3. The molecule has 2 aromatic carbocycles. The molecule has 5 nitrogen and oxygen atoms in total. The van der Waals surface area contributed by atoms with E-state index >= 15 is 0 Å². The van der Waals surface area contributed by atoms with E-state index in [2.05, 4.69) is 43.0 Å². The van der Waals surface area contributed by atoms with Crippen LogP contribution < -0.4 is 14.4 Å². The van der Waals surface area contributed by atoms with Gasteiger partial charge in [-0.25, -0.2) is 4.79 Å². The molecular formula is C21H25NO4S. The van der Waals surface area contributed by atoms with Gasteiger partial charge in [0.1, 0.15) is 6.61 Å². The third-order valence-electron chi connectivity index (χ3n) is 4.55. The number of ether oxygens (including phenoxy) is 2. The van der Waals surface area contributed by atoms with E-state index in [4.69, 9.17) is 14.6 Å². The number of hydrogen-bond donors (Lipinski definition) is 1. The molecule has 0 atom stereocenters. The van der Waals surface area contributed by atoms with Crippen LogP contribution in [0, 0.1) is 0 Å². The first kappa shape index (κ1) is 19.4. The number of fused-ring (bicyclic) bond motifs is 1. The molecule has 144 valence electrons. The van der Waals surface area contributed by atoms with E-state index in [1.165, 1.54) is 5.56 Å². The summed E-state index contributed by atoms with van der Waals surface area (Å²) in [6, 6.07) is 16.2. The van der Waals surface area contributed by atoms with Gasteiger partial charge in [0.2, 0.25) is 0 Å². The van der Waals surface area contributed by atoms with E-state index in [1.807, 2.05) is 30.0 Å². The lowest BCUT2D eigenvalue weighted by Gasteiger charge is -2.33. The van der Waals surface area contributed by atoms with E-state index in [0.717, 1.165) is 24.5 Å². The molecule has 0 aliphatic carbocycles. The number of carboxylic acids is 1. The van der Waals surface area contributed by atoms with E-state index < -0.39 is 5.97 Å². The molecule has 6 heteroatoms. The minimum absolute atomic E-state index is 0.0445. The highest BCUT2D eigenvalue weighted by Crippen LogP contribution is 2.41. The van der Waals surface area contributed by atoms with Crippen LogP contribution in [0.5, 0.6) is 11.5 Å². The van der Waals surface area contributed by atoms with Gasteiger partial charge in [-0.15, -0.1) is 11.8 Å². The fraction of sp³-hybridized carbons (Fsp3) is 0.381. The molecule has 2 aromatic rings. The van der Waals surface area contributed by atoms with Crippen molar-refractivity contribution >= 4 is 23.4 Å². The van der Waals surface area contributed by atoms with Crippen LogP contribution in [0.4, 0.5) is 5.69 Å². The third-order valence-corrected chi connectivity index (χ3v) is 5.89. The lowest BCUT2D eigenvalue weighted by atomic mass is 10.0. The number of para-hydroxylation sites is 1. The summed E-state index contributed by atoms with van der Waals surface area (Å²) in [5, 5.41) is 8.84. The van der Waals surface area contributed by atoms with E-state index in [-0.39, 0.29) is 11.4 Å². The summed E-state index contributed by atoms with van der Waals surface area (Å²) >= 11 is 1.93. The van der Waals surface area contributed by atoms with Gasteiger partial charge >= 0.3 is 5.97 Å². The number of benzene rings is 2. The van der Waals surface area contributed by atoms with Crippen LogP contribution in [0.2, 0.25) is 0 Å². The predicted molar refractivity (Wildman–Crippen MR) is 109 cm³/mol. The topological polar surface area (TPSA) is 59.0 Å². The summed E-state index contributed by atoms with van der Waals surface area (Å²) in [5.74, 6) is 1.09. The van der Waals surface area contributed by atoms with Gasteiger partial charge in [0.15, 0.2) is 18.1 Å². The van der Waals surface area contributed by atoms with Crippen LogP contribution >= 0.6 is 11.8 Å². The molecule has 0 fully saturated rings. The SMILES string of the molecule is CC(C)(SCCN1CCOc2c(OCC(=O)O)cccc21)c1ccccc1. The second kappa shape index (κ2) is 8.57. The summed E-state index contributed by atoms with van der Waals surface area (Å²) in [6.45, 7) is 6.38. The van der Waals surface area contributed by atoms with Crippen molar-refractivity contribution in [1.82, 2.24) is 0 Å². The number of anilines is 1. The summed E-state index contributed by atoms with van der Waals surface area (Å²) in [6.07, 6.45) is 0. The summed E-state index contributed by atoms with van der Waals surface area (Å²) in [7, 11) is 0. The Bertz CT molecular complexity index is 779. The van der Waals surface area contributed by atoms with Crippen molar-refractivity contribution in [3.05, 3.63) is 54.1 Å². The van der Waals surface area contributed by atoms with Crippen LogP contribution in [0.1, 0.15) is 19.4 Å². The lowest BCUT2D eigenvalue weighted by Crippen LogP contribution is -2.35. The highest BCUT2D eigenvalue weighted by Gasteiger charge is 2.24. The standard InChI is InChI=1S/C21H25NO4S/c1-21(2,16-7-4-3-5-8-16)27-14-12-22-11-13-25-20-17(22)9-6-10-18(20)26-15-19(23)24/h3-10H,11-15H2,1-2H3,(H,23,24). The van der Waals surface area contributed by atoms with Crippen LogP contribution in [-0.4, -0.2) is 43.1 Å². The summed E-state index contributed by atoms with van der Waals surface area (Å²) < 4.78 is 11.2. The van der Waals surface area contributed by atoms with Gasteiger partial charge in [0, 0.05) is 17.0 Å². The van der Waals surface area contributed by atoms with Crippen LogP contribution in [0.3, 0.4) is 0 Å². The number of aliphatic carboxylic acids is 1. The van der Waals surface area contributed by atoms with Crippen molar-refractivity contribution in [1.29, 1.82) is 0 Å². The number of thioether (sulfide) groups is 1. The maximum atomic E-state index is 10.8. The Morgan fingerprint density at radius 3 is 2.74 bits per heavy atom. The van der Waals surface area contributed by atoms with Crippen LogP contribution in [0.15, 0.2) is 48.5 Å². The van der Waals surface area contributed by atoms with Crippen LogP contribution in [0.25, 0.3) is 0 Å². The molecule has 0 bridgehead atoms. The van der Waals surface area contributed by atoms with Crippen molar-refractivity contribution in [2.75, 3.05) is 37.0 Å². The van der Waals surface area contributed by atoms with Crippen molar-refractivity contribution < 1.29 is 19.4 Å². The first-order chi connectivity index (χ1) is 13.0. The number of hydrogen-bond acceptors (Lipinski definition) is 5. The molecule has 0 radical (unpaired) electrons. The molecule has 0 aromatic heterocycles. The minimum Gasteiger partial charge on any atom is -0.486 e. The maximum Gasteiger partial charge on any atom is 0.341 e. The maximum absolute atomic E-state index is 10.8. The largest absolute Gasteiger partial charge is 0.486 e. The zero-order valence-electron chi connectivity index (χ0n) is 15.7. The van der Waals surface area contributed by atoms with Crippen molar-refractivity contribution in [2.45, 2.75) is 18.6 Å². The van der Waals surface area contributed by atoms with E-state index in [9.17, 15) is 4.79 Å². The molecule has 0 saturated heterocycles. The van der Waals surface area contributed by atoms with Gasteiger partial charge in [-0.05, 0) is 31.5 Å². The summed E-state index contributed by atoms with van der Waals surface area (Å²) in [4.78, 5) is 13.1. The Labute approximate surface area is 164 Å². The molecule has 27 heavy (non-hydrogen) atoms. The second-order valence-electron chi connectivity index (χ2n) is 6.85. The molecule has 1 aliphatic heterocycles. The van der Waals surface area contributed by atoms with E-state index in [0.29, 0.717) is 18.1 Å². The first-order valence-corrected chi connectivity index (χ1v) is 10.0. The highest BCUT2D eigenvalue weighted by molar-refractivity contribution is 8.00. The smallest absolute Gasteiger partial charge is 0.341 e. The van der Waals surface area contributed by atoms with Gasteiger partial charge in [-0.3, -0.25) is 0 Å². The van der Waals surface area contributed by atoms with Gasteiger partial charge in [-0.1, -0.05) is 36.4 Å². The fourth-order valence-corrected chi connectivity index (χ4v) is 4.22. The molecule has 3 rings (SSSR count). The average Bonchev–Trinajstić information content (AvgIpc) is 2.67. The Morgan fingerprint density at radius 1 is 1.22 bits per heavy atom. The lowest BCUT2D eigenvalue weighted by molar-refractivity contribution is -0.139. The average molecular weight is 388 g/mol. The van der Waals surface area contributed by atoms with Gasteiger partial charge in [0.25, 0.3) is 0 Å². The van der Waals surface area contributed by atoms with Crippen LogP contribution in [-0.2, 0) is 9.54 Å². The third kappa shape index (κ3) is 4.89. The molecule has 1 heterocycles. The Hall–Kier alpha value is -2.34. The Balaban J connectivity index is 1.64. The molecule has 0 amide bonds. The normalized spacial score (nSPS) is 13.6. The molecule has 0 spiro atoms. The Kier molecular flexibility index (Phi) is 6.16. The van der Waals surface area contributed by atoms with Gasteiger partial charge < -0.3 is 19.5 Å². The predicted octanol–water partition coefficient (Wildman–Crippen LogP) is 4.02. The fourth-order valence-electron chi connectivity index (χ4n) is 3.10. The van der Waals surface area contributed by atoms with Crippen molar-refractivity contribution in [3.63, 3.8) is 0 Å². The first-order valence-electron chi connectivity index (χ1n) is 9.02. The van der Waals surface area contributed by atoms with Gasteiger partial charge in [0.05, 0.1) is 12.2 Å². The minimum atomic E-state index is -1.00. The van der Waals surface area contributed by atoms with Crippen molar-refractivity contribution in [3.8, 4) is 11.5 Å². The molecule has 1 N–H and O–H groups in total. The molecule has 0 unspecified atom stereocenters. The van der Waals surface area contributed by atoms with Gasteiger partial charge in [-0.2, -0.15) is 0 Å². The summed E-state index contributed by atoms with van der Waals surface area (Å²) in [5.41, 5.74) is 2.28. The number of carbonyl (C=O) groups is 1. The Morgan fingerprint density at radius 2 is 2.00 bits per heavy atom. The second-order valence-corrected chi connectivity index (χ2v) is 8.56. The highest BCUT2D eigenvalue weighted by atomic mass is 32.2. The van der Waals surface area contributed by atoms with E-state index in [1.54, 1.807) is 6.07 Å². The zero-order valence-corrected chi connectivity index (χ0v) is 16.5. The quantitative estimate of drug-likeness (QED) is 0.738. The molecule has 1 aliphatic rings. The van der Waals surface area contributed by atoms with Crippen molar-refractivity contribution in [2.24, 2.45) is 0 Å².